The average Bonchev–Trinajstić information content (AvgIpc) is 3.12. The molecule has 1 atom stereocenters. The Hall–Kier alpha value is -3.80. The molecule has 1 aromatic heterocycles. The van der Waals surface area contributed by atoms with Gasteiger partial charge in [-0.15, -0.1) is 6.42 Å². The Morgan fingerprint density at radius 3 is 2.88 bits per heavy atom. The molecule has 0 saturated heterocycles. The zero-order valence-corrected chi connectivity index (χ0v) is 19.0. The SMILES string of the molecule is C#CCN1C(=O)c2oc3ccc(F)cc3c2OCC1(C)C(=O)NCC(=NC)/C(=C\CC)OC. The van der Waals surface area contributed by atoms with Crippen molar-refractivity contribution in [1.82, 2.24) is 10.2 Å². The molecule has 1 aliphatic rings. The van der Waals surface area contributed by atoms with Gasteiger partial charge in [-0.2, -0.15) is 0 Å². The van der Waals surface area contributed by atoms with Crippen LogP contribution in [0.1, 0.15) is 30.8 Å². The second-order valence-electron chi connectivity index (χ2n) is 7.59. The zero-order valence-electron chi connectivity index (χ0n) is 19.0. The zero-order chi connectivity index (χ0) is 24.2. The van der Waals surface area contributed by atoms with Crippen molar-refractivity contribution >= 4 is 28.5 Å². The maximum absolute atomic E-state index is 13.8. The Morgan fingerprint density at radius 2 is 2.24 bits per heavy atom. The highest BCUT2D eigenvalue weighted by atomic mass is 19.1. The highest BCUT2D eigenvalue weighted by molar-refractivity contribution is 6.06. The molecule has 3 rings (SSSR count). The van der Waals surface area contributed by atoms with Gasteiger partial charge in [-0.05, 0) is 37.6 Å². The van der Waals surface area contributed by atoms with Crippen LogP contribution in [-0.4, -0.2) is 61.8 Å². The summed E-state index contributed by atoms with van der Waals surface area (Å²) >= 11 is 0. The van der Waals surface area contributed by atoms with E-state index in [9.17, 15) is 14.0 Å². The Balaban J connectivity index is 1.93. The Bertz CT molecular complexity index is 1180. The second kappa shape index (κ2) is 9.77. The number of ether oxygens (including phenoxy) is 2. The van der Waals surface area contributed by atoms with Crippen molar-refractivity contribution in [2.45, 2.75) is 25.8 Å². The lowest BCUT2D eigenvalue weighted by molar-refractivity contribution is -0.132. The fraction of sp³-hybridized carbons (Fsp3) is 0.375. The Morgan fingerprint density at radius 1 is 1.48 bits per heavy atom. The van der Waals surface area contributed by atoms with Gasteiger partial charge in [0.05, 0.1) is 31.3 Å². The summed E-state index contributed by atoms with van der Waals surface area (Å²) in [7, 11) is 3.12. The minimum atomic E-state index is -1.47. The van der Waals surface area contributed by atoms with Crippen LogP contribution in [0.5, 0.6) is 5.75 Å². The smallest absolute Gasteiger partial charge is 0.295 e. The van der Waals surface area contributed by atoms with E-state index >= 15 is 0 Å². The molecule has 1 aromatic carbocycles. The molecule has 0 fully saturated rings. The van der Waals surface area contributed by atoms with E-state index < -0.39 is 23.2 Å². The summed E-state index contributed by atoms with van der Waals surface area (Å²) < 4.78 is 30.7. The van der Waals surface area contributed by atoms with Gasteiger partial charge in [0.2, 0.25) is 11.7 Å². The van der Waals surface area contributed by atoms with Crippen molar-refractivity contribution < 1.29 is 27.9 Å². The molecule has 1 N–H and O–H groups in total. The predicted molar refractivity (Wildman–Crippen MR) is 122 cm³/mol. The molecular formula is C24H26FN3O5. The second-order valence-corrected chi connectivity index (χ2v) is 7.59. The number of rotatable bonds is 7. The van der Waals surface area contributed by atoms with Crippen LogP contribution >= 0.6 is 0 Å². The predicted octanol–water partition coefficient (Wildman–Crippen LogP) is 2.93. The highest BCUT2D eigenvalue weighted by Crippen LogP contribution is 2.38. The van der Waals surface area contributed by atoms with Gasteiger partial charge in [0.1, 0.15) is 23.8 Å². The first-order chi connectivity index (χ1) is 15.8. The number of methoxy groups -OCH3 is 1. The number of nitrogens with one attached hydrogen (secondary N) is 1. The van der Waals surface area contributed by atoms with Gasteiger partial charge in [-0.3, -0.25) is 14.6 Å². The number of amides is 2. The Labute approximate surface area is 191 Å². The molecule has 0 spiro atoms. The molecule has 2 heterocycles. The van der Waals surface area contributed by atoms with Crippen LogP contribution in [0.3, 0.4) is 0 Å². The van der Waals surface area contributed by atoms with Crippen molar-refractivity contribution in [3.63, 3.8) is 0 Å². The van der Waals surface area contributed by atoms with Gasteiger partial charge in [-0.25, -0.2) is 4.39 Å². The van der Waals surface area contributed by atoms with Crippen LogP contribution in [0.2, 0.25) is 0 Å². The molecular weight excluding hydrogens is 429 g/mol. The van der Waals surface area contributed by atoms with Crippen molar-refractivity contribution in [3.05, 3.63) is 41.6 Å². The molecule has 1 unspecified atom stereocenters. The Kier molecular flexibility index (Phi) is 7.07. The average molecular weight is 455 g/mol. The summed E-state index contributed by atoms with van der Waals surface area (Å²) in [5.74, 6) is 1.28. The van der Waals surface area contributed by atoms with Crippen LogP contribution in [-0.2, 0) is 9.53 Å². The van der Waals surface area contributed by atoms with Crippen LogP contribution < -0.4 is 10.1 Å². The summed E-state index contributed by atoms with van der Waals surface area (Å²) in [6.45, 7) is 3.19. The third-order valence-corrected chi connectivity index (χ3v) is 5.46. The van der Waals surface area contributed by atoms with E-state index in [0.717, 1.165) is 6.42 Å². The van der Waals surface area contributed by atoms with Gasteiger partial charge in [0.25, 0.3) is 5.91 Å². The van der Waals surface area contributed by atoms with E-state index in [-0.39, 0.29) is 31.2 Å². The van der Waals surface area contributed by atoms with Crippen LogP contribution in [0.25, 0.3) is 11.0 Å². The molecule has 2 amide bonds. The standard InChI is InChI=1S/C24H26FN3O5/c1-6-8-19(31-5)17(26-4)13-27-23(30)24(3)14-32-20-16-12-15(25)9-10-18(16)33-21(20)22(29)28(24)11-7-2/h2,8-10,12H,6,11,13-14H2,1,3-5H3,(H,27,30)/b19-8+,26-17?. The number of halogens is 1. The molecule has 0 saturated carbocycles. The number of aliphatic imine (C=N–C) groups is 1. The molecule has 9 heteroatoms. The highest BCUT2D eigenvalue weighted by Gasteiger charge is 2.47. The van der Waals surface area contributed by atoms with Crippen LogP contribution in [0.4, 0.5) is 4.39 Å². The molecule has 8 nitrogen and oxygen atoms in total. The monoisotopic (exact) mass is 455 g/mol. The minimum absolute atomic E-state index is 0.0698. The molecule has 0 bridgehead atoms. The molecule has 1 aliphatic heterocycles. The molecule has 174 valence electrons. The topological polar surface area (TPSA) is 93.4 Å². The van der Waals surface area contributed by atoms with E-state index in [1.54, 1.807) is 14.0 Å². The van der Waals surface area contributed by atoms with Gasteiger partial charge in [-0.1, -0.05) is 12.8 Å². The van der Waals surface area contributed by atoms with Crippen LogP contribution in [0.15, 0.2) is 39.4 Å². The molecule has 2 aromatic rings. The quantitative estimate of drug-likeness (QED) is 0.394. The summed E-state index contributed by atoms with van der Waals surface area (Å²) in [5.41, 5.74) is -0.637. The van der Waals surface area contributed by atoms with Crippen molar-refractivity contribution in [1.29, 1.82) is 0 Å². The third kappa shape index (κ3) is 4.42. The number of benzene rings is 1. The van der Waals surface area contributed by atoms with Crippen molar-refractivity contribution in [2.24, 2.45) is 4.99 Å². The number of nitrogens with zero attached hydrogens (tertiary/aromatic N) is 2. The van der Waals surface area contributed by atoms with E-state index in [4.69, 9.17) is 20.3 Å². The summed E-state index contributed by atoms with van der Waals surface area (Å²) in [5, 5.41) is 3.10. The largest absolute Gasteiger partial charge is 0.495 e. The first-order valence-corrected chi connectivity index (χ1v) is 10.4. The van der Waals surface area contributed by atoms with Gasteiger partial charge in [0.15, 0.2) is 11.3 Å². The summed E-state index contributed by atoms with van der Waals surface area (Å²) in [4.78, 5) is 32.1. The third-order valence-electron chi connectivity index (χ3n) is 5.46. The summed E-state index contributed by atoms with van der Waals surface area (Å²) in [6, 6.07) is 3.85. The number of fused-ring (bicyclic) bond motifs is 3. The van der Waals surface area contributed by atoms with E-state index in [1.165, 1.54) is 30.2 Å². The lowest BCUT2D eigenvalue weighted by atomic mass is 9.99. The maximum Gasteiger partial charge on any atom is 0.295 e. The first kappa shape index (κ1) is 23.9. The normalized spacial score (nSPS) is 18.9. The number of terminal acetylenes is 1. The fourth-order valence-corrected chi connectivity index (χ4v) is 3.63. The number of carbonyl (C=O) groups is 2. The number of hydrogen-bond donors (Lipinski definition) is 1. The lowest BCUT2D eigenvalue weighted by Gasteiger charge is -2.36. The van der Waals surface area contributed by atoms with Crippen molar-refractivity contribution in [2.75, 3.05) is 33.9 Å². The molecule has 0 aliphatic carbocycles. The minimum Gasteiger partial charge on any atom is -0.495 e. The number of carbonyl (C=O) groups excluding carboxylic acids is 2. The van der Waals surface area contributed by atoms with Gasteiger partial charge >= 0.3 is 0 Å². The van der Waals surface area contributed by atoms with Crippen LogP contribution in [0, 0.1) is 18.2 Å². The van der Waals surface area contributed by atoms with Gasteiger partial charge < -0.3 is 24.1 Å². The van der Waals surface area contributed by atoms with E-state index in [2.05, 4.69) is 16.2 Å². The molecule has 33 heavy (non-hydrogen) atoms. The number of hydrogen-bond acceptors (Lipinski definition) is 6. The van der Waals surface area contributed by atoms with E-state index in [1.807, 2.05) is 13.0 Å². The molecule has 0 radical (unpaired) electrons. The van der Waals surface area contributed by atoms with Gasteiger partial charge in [0, 0.05) is 7.05 Å². The fourth-order valence-electron chi connectivity index (χ4n) is 3.63. The summed E-state index contributed by atoms with van der Waals surface area (Å²) in [6.07, 6.45) is 8.08. The van der Waals surface area contributed by atoms with E-state index in [0.29, 0.717) is 22.4 Å². The lowest BCUT2D eigenvalue weighted by Crippen LogP contribution is -2.61. The number of allylic oxidation sites excluding steroid dienone is 1. The van der Waals surface area contributed by atoms with Crippen molar-refractivity contribution in [3.8, 4) is 18.1 Å². The maximum atomic E-state index is 13.8. The number of furan rings is 1. The first-order valence-electron chi connectivity index (χ1n) is 10.4.